The zero-order valence-electron chi connectivity index (χ0n) is 12.1. The second kappa shape index (κ2) is 5.70. The lowest BCUT2D eigenvalue weighted by molar-refractivity contribution is 0.570. The van der Waals surface area contributed by atoms with Crippen LogP contribution in [0.25, 0.3) is 0 Å². The highest BCUT2D eigenvalue weighted by molar-refractivity contribution is 7.83. The average molecular weight is 282 g/mol. The summed E-state index contributed by atoms with van der Waals surface area (Å²) in [5.74, 6) is 3.15. The summed E-state index contributed by atoms with van der Waals surface area (Å²) in [6, 6.07) is 19.1. The van der Waals surface area contributed by atoms with Crippen LogP contribution in [-0.4, -0.2) is 0 Å². The van der Waals surface area contributed by atoms with Crippen LogP contribution in [-0.2, 0) is 4.57 Å². The van der Waals surface area contributed by atoms with Gasteiger partial charge < -0.3 is 0 Å². The van der Waals surface area contributed by atoms with E-state index in [1.165, 1.54) is 0 Å². The molecule has 0 aliphatic heterocycles. The van der Waals surface area contributed by atoms with E-state index < -0.39 is 7.14 Å². The number of hydrogen-bond donors (Lipinski definition) is 0. The molecular weight excluding hydrogens is 263 g/mol. The van der Waals surface area contributed by atoms with Crippen LogP contribution in [0.1, 0.15) is 20.8 Å². The van der Waals surface area contributed by atoms with E-state index in [9.17, 15) is 4.57 Å². The fraction of sp³-hybridized carbons (Fsp3) is 0.222. The summed E-state index contributed by atoms with van der Waals surface area (Å²) in [6.07, 6.45) is 0. The van der Waals surface area contributed by atoms with Crippen LogP contribution in [0.4, 0.5) is 0 Å². The first-order valence-electron chi connectivity index (χ1n) is 6.67. The second-order valence-corrected chi connectivity index (χ2v) is 8.24. The number of rotatable bonds is 2. The highest BCUT2D eigenvalue weighted by Crippen LogP contribution is 2.42. The van der Waals surface area contributed by atoms with Gasteiger partial charge in [0, 0.05) is 16.0 Å². The summed E-state index contributed by atoms with van der Waals surface area (Å²) in [6.45, 7) is 6.08. The predicted octanol–water partition coefficient (Wildman–Crippen LogP) is 4.01. The van der Waals surface area contributed by atoms with Gasteiger partial charge in [-0.1, -0.05) is 66.6 Å². The van der Waals surface area contributed by atoms with Gasteiger partial charge in [-0.2, -0.15) is 0 Å². The molecule has 102 valence electrons. The molecule has 0 spiro atoms. The molecule has 2 aromatic rings. The quantitative estimate of drug-likeness (QED) is 0.601. The summed E-state index contributed by atoms with van der Waals surface area (Å²) >= 11 is 0. The van der Waals surface area contributed by atoms with Crippen molar-refractivity contribution in [1.29, 1.82) is 0 Å². The molecular formula is C18H19OP. The zero-order valence-corrected chi connectivity index (χ0v) is 13.0. The first kappa shape index (κ1) is 14.6. The number of benzene rings is 2. The fourth-order valence-electron chi connectivity index (χ4n) is 1.80. The Morgan fingerprint density at radius 3 is 1.55 bits per heavy atom. The van der Waals surface area contributed by atoms with Gasteiger partial charge in [-0.3, -0.25) is 4.57 Å². The Morgan fingerprint density at radius 2 is 1.20 bits per heavy atom. The van der Waals surface area contributed by atoms with Crippen molar-refractivity contribution in [3.8, 4) is 11.6 Å². The second-order valence-electron chi connectivity index (χ2n) is 5.77. The van der Waals surface area contributed by atoms with Gasteiger partial charge in [0.05, 0.1) is 0 Å². The van der Waals surface area contributed by atoms with Gasteiger partial charge in [-0.15, -0.1) is 0 Å². The SMILES string of the molecule is CC(C)(C)C#CP(=O)(c1ccccc1)c1ccccc1. The minimum absolute atomic E-state index is 0.167. The van der Waals surface area contributed by atoms with Crippen molar-refractivity contribution in [2.75, 3.05) is 0 Å². The lowest BCUT2D eigenvalue weighted by Crippen LogP contribution is -2.15. The van der Waals surface area contributed by atoms with Crippen LogP contribution in [0.2, 0.25) is 0 Å². The van der Waals surface area contributed by atoms with Crippen molar-refractivity contribution in [2.45, 2.75) is 20.8 Å². The minimum atomic E-state index is -2.88. The van der Waals surface area contributed by atoms with Crippen LogP contribution >= 0.6 is 7.14 Å². The van der Waals surface area contributed by atoms with E-state index in [-0.39, 0.29) is 5.41 Å². The maximum atomic E-state index is 13.5. The number of hydrogen-bond acceptors (Lipinski definition) is 1. The molecule has 2 heteroatoms. The van der Waals surface area contributed by atoms with Gasteiger partial charge >= 0.3 is 0 Å². The maximum absolute atomic E-state index is 13.5. The van der Waals surface area contributed by atoms with E-state index in [2.05, 4.69) is 11.6 Å². The molecule has 0 unspecified atom stereocenters. The lowest BCUT2D eigenvalue weighted by atomic mass is 9.99. The Labute approximate surface area is 121 Å². The molecule has 0 amide bonds. The van der Waals surface area contributed by atoms with Crippen LogP contribution < -0.4 is 10.6 Å². The van der Waals surface area contributed by atoms with E-state index >= 15 is 0 Å². The van der Waals surface area contributed by atoms with Crippen molar-refractivity contribution in [3.63, 3.8) is 0 Å². The smallest absolute Gasteiger partial charge is 0.210 e. The zero-order chi connectivity index (χ0) is 14.6. The van der Waals surface area contributed by atoms with Gasteiger partial charge in [0.25, 0.3) is 0 Å². The van der Waals surface area contributed by atoms with E-state index in [4.69, 9.17) is 0 Å². The van der Waals surface area contributed by atoms with Crippen molar-refractivity contribution in [3.05, 3.63) is 60.7 Å². The maximum Gasteiger partial charge on any atom is 0.210 e. The minimum Gasteiger partial charge on any atom is -0.300 e. The van der Waals surface area contributed by atoms with Crippen molar-refractivity contribution in [1.82, 2.24) is 0 Å². The Kier molecular flexibility index (Phi) is 4.17. The van der Waals surface area contributed by atoms with Gasteiger partial charge in [0.1, 0.15) is 0 Å². The molecule has 2 rings (SSSR count). The molecule has 0 atom stereocenters. The van der Waals surface area contributed by atoms with E-state index in [0.29, 0.717) is 0 Å². The molecule has 0 N–H and O–H groups in total. The highest BCUT2D eigenvalue weighted by Gasteiger charge is 2.25. The summed E-state index contributed by atoms with van der Waals surface area (Å²) < 4.78 is 13.5. The average Bonchev–Trinajstić information content (AvgIpc) is 2.46. The monoisotopic (exact) mass is 282 g/mol. The summed E-state index contributed by atoms with van der Waals surface area (Å²) in [5, 5.41) is 1.59. The molecule has 0 heterocycles. The van der Waals surface area contributed by atoms with E-state index in [1.54, 1.807) is 0 Å². The van der Waals surface area contributed by atoms with Gasteiger partial charge in [0.15, 0.2) is 0 Å². The topological polar surface area (TPSA) is 17.1 Å². The summed E-state index contributed by atoms with van der Waals surface area (Å²) in [5.41, 5.74) is 2.91. The predicted molar refractivity (Wildman–Crippen MR) is 87.0 cm³/mol. The first-order valence-corrected chi connectivity index (χ1v) is 8.38. The van der Waals surface area contributed by atoms with Gasteiger partial charge in [-0.25, -0.2) is 0 Å². The third kappa shape index (κ3) is 3.41. The van der Waals surface area contributed by atoms with Gasteiger partial charge in [0.2, 0.25) is 7.14 Å². The molecule has 0 fully saturated rings. The van der Waals surface area contributed by atoms with E-state index in [0.717, 1.165) is 10.6 Å². The van der Waals surface area contributed by atoms with Crippen molar-refractivity contribution < 1.29 is 4.57 Å². The summed E-state index contributed by atoms with van der Waals surface area (Å²) in [4.78, 5) is 0. The third-order valence-electron chi connectivity index (χ3n) is 2.83. The molecule has 20 heavy (non-hydrogen) atoms. The molecule has 0 saturated carbocycles. The molecule has 0 aliphatic carbocycles. The molecule has 0 aromatic heterocycles. The lowest BCUT2D eigenvalue weighted by Gasteiger charge is -2.14. The Morgan fingerprint density at radius 1 is 0.800 bits per heavy atom. The van der Waals surface area contributed by atoms with Crippen molar-refractivity contribution >= 4 is 17.8 Å². The van der Waals surface area contributed by atoms with Crippen LogP contribution in [0.3, 0.4) is 0 Å². The molecule has 1 nitrogen and oxygen atoms in total. The Bertz CT molecular complexity index is 627. The molecule has 2 aromatic carbocycles. The molecule has 0 aliphatic rings. The highest BCUT2D eigenvalue weighted by atomic mass is 31.2. The Hall–Kier alpha value is -1.77. The first-order chi connectivity index (χ1) is 9.42. The van der Waals surface area contributed by atoms with Crippen molar-refractivity contribution in [2.24, 2.45) is 5.41 Å². The normalized spacial score (nSPS) is 11.6. The molecule has 0 bridgehead atoms. The Balaban J connectivity index is 2.61. The van der Waals surface area contributed by atoms with Gasteiger partial charge in [-0.05, 0) is 26.4 Å². The fourth-order valence-corrected chi connectivity index (χ4v) is 4.03. The largest absolute Gasteiger partial charge is 0.300 e. The summed E-state index contributed by atoms with van der Waals surface area (Å²) in [7, 11) is -2.88. The third-order valence-corrected chi connectivity index (χ3v) is 5.31. The molecule has 0 radical (unpaired) electrons. The van der Waals surface area contributed by atoms with Crippen LogP contribution in [0.5, 0.6) is 0 Å². The standard InChI is InChI=1S/C18H19OP/c1-18(2,3)14-15-20(19,16-10-6-4-7-11-16)17-12-8-5-9-13-17/h4-13H,1-3H3. The van der Waals surface area contributed by atoms with Crippen LogP contribution in [0.15, 0.2) is 60.7 Å². The molecule has 0 saturated heterocycles. The van der Waals surface area contributed by atoms with E-state index in [1.807, 2.05) is 81.4 Å². The van der Waals surface area contributed by atoms with Crippen LogP contribution in [0, 0.1) is 17.0 Å².